The van der Waals surface area contributed by atoms with Crippen molar-refractivity contribution in [2.75, 3.05) is 0 Å². The summed E-state index contributed by atoms with van der Waals surface area (Å²) in [5.41, 5.74) is -0.781. The van der Waals surface area contributed by atoms with Crippen LogP contribution in [0, 0.1) is 18.7 Å². The topological polar surface area (TPSA) is 121 Å². The van der Waals surface area contributed by atoms with Gasteiger partial charge in [0.05, 0.1) is 17.0 Å². The van der Waals surface area contributed by atoms with Crippen LogP contribution in [-0.4, -0.2) is 23.9 Å². The fourth-order valence-electron chi connectivity index (χ4n) is 3.84. The van der Waals surface area contributed by atoms with Crippen LogP contribution in [0.25, 0.3) is 15.9 Å². The summed E-state index contributed by atoms with van der Waals surface area (Å²) in [6, 6.07) is 5.09. The molecule has 2 heterocycles. The van der Waals surface area contributed by atoms with Gasteiger partial charge in [0.2, 0.25) is 10.0 Å². The van der Waals surface area contributed by atoms with Crippen LogP contribution in [-0.2, 0) is 14.8 Å². The zero-order valence-corrected chi connectivity index (χ0v) is 18.3. The number of sulfonamides is 1. The van der Waals surface area contributed by atoms with Gasteiger partial charge in [0.1, 0.15) is 14.9 Å². The Morgan fingerprint density at radius 2 is 1.94 bits per heavy atom. The van der Waals surface area contributed by atoms with Gasteiger partial charge in [0.15, 0.2) is 0 Å². The predicted molar refractivity (Wildman–Crippen MR) is 113 cm³/mol. The van der Waals surface area contributed by atoms with Gasteiger partial charge in [-0.25, -0.2) is 22.5 Å². The fraction of sp³-hybridized carbons (Fsp3) is 0.350. The van der Waals surface area contributed by atoms with E-state index in [1.165, 1.54) is 25.1 Å². The van der Waals surface area contributed by atoms with Gasteiger partial charge in [-0.1, -0.05) is 31.4 Å². The number of esters is 1. The van der Waals surface area contributed by atoms with E-state index in [2.05, 4.69) is 4.98 Å². The summed E-state index contributed by atoms with van der Waals surface area (Å²) < 4.78 is 44.6. The Balaban J connectivity index is 1.95. The number of carbonyl (C=O) groups excluding carboxylic acids is 1. The van der Waals surface area contributed by atoms with Crippen LogP contribution >= 0.6 is 11.3 Å². The van der Waals surface area contributed by atoms with Crippen LogP contribution in [0.15, 0.2) is 33.3 Å². The Morgan fingerprint density at radius 1 is 1.26 bits per heavy atom. The molecular formula is C20H20FN3O5S2. The molecule has 3 aromatic rings. The highest BCUT2D eigenvalue weighted by Crippen LogP contribution is 2.33. The molecule has 11 heteroatoms. The van der Waals surface area contributed by atoms with Crippen LogP contribution in [0.1, 0.15) is 37.7 Å². The molecule has 0 bridgehead atoms. The van der Waals surface area contributed by atoms with Crippen molar-refractivity contribution in [1.29, 1.82) is 0 Å². The van der Waals surface area contributed by atoms with Crippen molar-refractivity contribution in [3.8, 4) is 11.7 Å². The second-order valence-corrected chi connectivity index (χ2v) is 10.2. The van der Waals surface area contributed by atoms with Crippen molar-refractivity contribution in [3.05, 3.63) is 46.0 Å². The van der Waals surface area contributed by atoms with Crippen molar-refractivity contribution in [2.45, 2.75) is 43.2 Å². The fourth-order valence-corrected chi connectivity index (χ4v) is 5.97. The summed E-state index contributed by atoms with van der Waals surface area (Å²) in [5, 5.41) is 5.24. The molecule has 4 rings (SSSR count). The second-order valence-electron chi connectivity index (χ2n) is 7.48. The standard InChI is InChI=1S/C20H20FN3O5S2/c1-11-15-16(30-19(11)31(22,27)28)23-20(29-18(26)12-7-3-2-4-8-12)24(17(15)25)14-10-6-5-9-13(14)21/h5-6,9-10,12H,2-4,7-8H2,1H3,(H2,22,27,28). The molecule has 0 aliphatic heterocycles. The summed E-state index contributed by atoms with van der Waals surface area (Å²) in [6.07, 6.45) is 4.17. The number of carbonyl (C=O) groups is 1. The first kappa shape index (κ1) is 21.6. The Bertz CT molecular complexity index is 1340. The number of fused-ring (bicyclic) bond motifs is 1. The number of aryl methyl sites for hydroxylation is 1. The molecule has 2 aromatic heterocycles. The Kier molecular flexibility index (Phi) is 5.67. The van der Waals surface area contributed by atoms with E-state index in [0.717, 1.165) is 29.9 Å². The third kappa shape index (κ3) is 4.00. The smallest absolute Gasteiger partial charge is 0.316 e. The minimum atomic E-state index is -4.10. The van der Waals surface area contributed by atoms with Crippen LogP contribution in [0.4, 0.5) is 4.39 Å². The third-order valence-electron chi connectivity index (χ3n) is 5.37. The molecule has 1 fully saturated rings. The van der Waals surface area contributed by atoms with Gasteiger partial charge in [-0.2, -0.15) is 4.98 Å². The number of primary sulfonamides is 1. The molecule has 0 saturated heterocycles. The first-order chi connectivity index (χ1) is 14.7. The van der Waals surface area contributed by atoms with Gasteiger partial charge < -0.3 is 4.74 Å². The number of hydrogen-bond donors (Lipinski definition) is 1. The van der Waals surface area contributed by atoms with Gasteiger partial charge in [-0.05, 0) is 37.5 Å². The molecule has 0 spiro atoms. The molecule has 2 N–H and O–H groups in total. The molecule has 8 nitrogen and oxygen atoms in total. The molecule has 0 amide bonds. The van der Waals surface area contributed by atoms with E-state index in [1.54, 1.807) is 0 Å². The highest BCUT2D eigenvalue weighted by Gasteiger charge is 2.28. The minimum absolute atomic E-state index is 0.0188. The normalized spacial score (nSPS) is 15.3. The zero-order valence-electron chi connectivity index (χ0n) is 16.6. The zero-order chi connectivity index (χ0) is 22.3. The number of nitrogens with two attached hydrogens (primary N) is 1. The van der Waals surface area contributed by atoms with Crippen molar-refractivity contribution in [3.63, 3.8) is 0 Å². The lowest BCUT2D eigenvalue weighted by molar-refractivity contribution is -0.140. The minimum Gasteiger partial charge on any atom is -0.391 e. The van der Waals surface area contributed by atoms with E-state index >= 15 is 0 Å². The molecule has 0 unspecified atom stereocenters. The van der Waals surface area contributed by atoms with Gasteiger partial charge >= 0.3 is 12.0 Å². The SMILES string of the molecule is Cc1c(S(N)(=O)=O)sc2nc(OC(=O)C3CCCCC3)n(-c3ccccc3F)c(=O)c12. The number of rotatable bonds is 4. The van der Waals surface area contributed by atoms with E-state index in [4.69, 9.17) is 9.88 Å². The molecular weight excluding hydrogens is 445 g/mol. The largest absolute Gasteiger partial charge is 0.391 e. The summed E-state index contributed by atoms with van der Waals surface area (Å²) in [4.78, 5) is 30.4. The maximum atomic E-state index is 14.6. The van der Waals surface area contributed by atoms with E-state index in [-0.39, 0.29) is 31.6 Å². The number of benzene rings is 1. The first-order valence-corrected chi connectivity index (χ1v) is 12.1. The first-order valence-electron chi connectivity index (χ1n) is 9.74. The van der Waals surface area contributed by atoms with Crippen LogP contribution in [0.5, 0.6) is 6.01 Å². The van der Waals surface area contributed by atoms with Crippen molar-refractivity contribution < 1.29 is 22.3 Å². The van der Waals surface area contributed by atoms with Gasteiger partial charge in [-0.15, -0.1) is 11.3 Å². The number of ether oxygens (including phenoxy) is 1. The second kappa shape index (κ2) is 8.13. The highest BCUT2D eigenvalue weighted by atomic mass is 32.2. The third-order valence-corrected chi connectivity index (χ3v) is 8.12. The maximum Gasteiger partial charge on any atom is 0.316 e. The number of para-hydroxylation sites is 1. The lowest BCUT2D eigenvalue weighted by Crippen LogP contribution is -2.28. The number of aromatic nitrogens is 2. The number of nitrogens with zero attached hydrogens (tertiary/aromatic N) is 2. The average molecular weight is 466 g/mol. The molecule has 1 aromatic carbocycles. The van der Waals surface area contributed by atoms with Crippen molar-refractivity contribution in [2.24, 2.45) is 11.1 Å². The van der Waals surface area contributed by atoms with E-state index in [9.17, 15) is 22.4 Å². The van der Waals surface area contributed by atoms with Gasteiger partial charge in [-0.3, -0.25) is 9.59 Å². The van der Waals surface area contributed by atoms with E-state index < -0.39 is 33.4 Å². The van der Waals surface area contributed by atoms with Crippen molar-refractivity contribution >= 4 is 37.5 Å². The summed E-state index contributed by atoms with van der Waals surface area (Å²) >= 11 is 0.707. The predicted octanol–water partition coefficient (Wildman–Crippen LogP) is 3.03. The quantitative estimate of drug-likeness (QED) is 0.591. The van der Waals surface area contributed by atoms with E-state index in [1.807, 2.05) is 0 Å². The summed E-state index contributed by atoms with van der Waals surface area (Å²) in [5.74, 6) is -1.60. The van der Waals surface area contributed by atoms with Crippen molar-refractivity contribution in [1.82, 2.24) is 9.55 Å². The Labute approximate surface area is 181 Å². The van der Waals surface area contributed by atoms with Gasteiger partial charge in [0.25, 0.3) is 5.56 Å². The molecule has 31 heavy (non-hydrogen) atoms. The molecule has 0 atom stereocenters. The number of halogens is 1. The van der Waals surface area contributed by atoms with Crippen LogP contribution in [0.2, 0.25) is 0 Å². The lowest BCUT2D eigenvalue weighted by Gasteiger charge is -2.20. The Hall–Kier alpha value is -2.63. The maximum absolute atomic E-state index is 14.6. The Morgan fingerprint density at radius 3 is 2.58 bits per heavy atom. The monoisotopic (exact) mass is 465 g/mol. The molecule has 1 saturated carbocycles. The van der Waals surface area contributed by atoms with Crippen LogP contribution in [0.3, 0.4) is 0 Å². The summed E-state index contributed by atoms with van der Waals surface area (Å²) in [7, 11) is -4.10. The number of hydrogen-bond acceptors (Lipinski definition) is 7. The van der Waals surface area contributed by atoms with E-state index in [0.29, 0.717) is 24.2 Å². The number of thiophene rings is 1. The molecule has 1 aliphatic carbocycles. The lowest BCUT2D eigenvalue weighted by atomic mass is 9.89. The highest BCUT2D eigenvalue weighted by molar-refractivity contribution is 7.91. The summed E-state index contributed by atoms with van der Waals surface area (Å²) in [6.45, 7) is 1.43. The van der Waals surface area contributed by atoms with Gasteiger partial charge in [0, 0.05) is 0 Å². The average Bonchev–Trinajstić information content (AvgIpc) is 3.07. The molecule has 1 aliphatic rings. The molecule has 164 valence electrons. The van der Waals surface area contributed by atoms with Crippen LogP contribution < -0.4 is 15.4 Å². The molecule has 0 radical (unpaired) electrons.